The molecule has 30 nitrogen and oxygen atoms in total. The second kappa shape index (κ2) is 68.9. The molecule has 1 aliphatic heterocycles. The van der Waals surface area contributed by atoms with Crippen molar-refractivity contribution in [3.05, 3.63) is 11.9 Å². The molecule has 1 aromatic heterocycles. The minimum absolute atomic E-state index is 0.0941. The highest BCUT2D eigenvalue weighted by Gasteiger charge is 2.44. The van der Waals surface area contributed by atoms with Crippen molar-refractivity contribution in [1.29, 1.82) is 0 Å². The van der Waals surface area contributed by atoms with Crippen LogP contribution in [0.3, 0.4) is 0 Å². The van der Waals surface area contributed by atoms with Gasteiger partial charge in [0.1, 0.15) is 36.8 Å². The number of aliphatic hydroxyl groups excluding tert-OH is 4. The van der Waals surface area contributed by atoms with Gasteiger partial charge in [-0.3, -0.25) is 23.4 Å². The van der Waals surface area contributed by atoms with Crippen LogP contribution >= 0.6 is 7.82 Å². The summed E-state index contributed by atoms with van der Waals surface area (Å²) in [7, 11) is -4.58. The first-order valence-electron chi connectivity index (χ1n) is 37.6. The van der Waals surface area contributed by atoms with Crippen LogP contribution in [0.4, 0.5) is 0 Å². The second-order valence-corrected chi connectivity index (χ2v) is 26.1. The Morgan fingerprint density at radius 1 is 0.455 bits per heavy atom. The quantitative estimate of drug-likeness (QED) is 0.0245. The summed E-state index contributed by atoms with van der Waals surface area (Å²) in [5.41, 5.74) is 0.872. The molecule has 0 aliphatic carbocycles. The number of unbranched alkanes of at least 4 members (excludes halogenated alkanes) is 18. The summed E-state index contributed by atoms with van der Waals surface area (Å²) < 4.78 is 113. The Morgan fingerprint density at radius 2 is 0.871 bits per heavy atom. The highest BCUT2D eigenvalue weighted by molar-refractivity contribution is 7.47. The molecule has 594 valence electrons. The molecule has 2 rings (SSSR count). The molecule has 0 bridgehead atoms. The van der Waals surface area contributed by atoms with Crippen molar-refractivity contribution >= 4 is 25.5 Å². The van der Waals surface area contributed by atoms with E-state index in [1.165, 1.54) is 64.2 Å². The normalized spacial score (nSPS) is 17.2. The van der Waals surface area contributed by atoms with E-state index in [2.05, 4.69) is 24.2 Å². The Labute approximate surface area is 601 Å². The summed E-state index contributed by atoms with van der Waals surface area (Å²) in [5.74, 6) is -1.01. The molecule has 2 unspecified atom stereocenters. The van der Waals surface area contributed by atoms with E-state index in [0.29, 0.717) is 178 Å². The molecule has 101 heavy (non-hydrogen) atoms. The number of rotatable bonds is 78. The third-order valence-corrected chi connectivity index (χ3v) is 16.8. The highest BCUT2D eigenvalue weighted by atomic mass is 31.2. The summed E-state index contributed by atoms with van der Waals surface area (Å²) in [6.07, 6.45) is 18.3. The van der Waals surface area contributed by atoms with Crippen LogP contribution in [0.25, 0.3) is 0 Å². The Kier molecular flexibility index (Phi) is 64.3. The van der Waals surface area contributed by atoms with E-state index < -0.39 is 69.8 Å². The fourth-order valence-corrected chi connectivity index (χ4v) is 10.8. The largest absolute Gasteiger partial charge is 0.472 e. The average molecular weight is 1480 g/mol. The van der Waals surface area contributed by atoms with Gasteiger partial charge in [-0.1, -0.05) is 128 Å². The maximum absolute atomic E-state index is 12.7. The van der Waals surface area contributed by atoms with E-state index in [9.17, 15) is 44.3 Å². The van der Waals surface area contributed by atoms with Crippen LogP contribution in [0.1, 0.15) is 186 Å². The number of carbonyl (C=O) groups excluding carboxylic acids is 3. The smallest absolute Gasteiger partial charge is 0.462 e. The van der Waals surface area contributed by atoms with Gasteiger partial charge in [0.15, 0.2) is 12.4 Å². The van der Waals surface area contributed by atoms with Gasteiger partial charge in [-0.15, -0.1) is 5.10 Å². The zero-order valence-electron chi connectivity index (χ0n) is 61.4. The Morgan fingerprint density at radius 3 is 1.33 bits per heavy atom. The lowest BCUT2D eigenvalue weighted by Gasteiger charge is -2.39. The average Bonchev–Trinajstić information content (AvgIpc) is 1.44. The minimum Gasteiger partial charge on any atom is -0.462 e. The number of ether oxygens (including phenoxy) is 16. The molecule has 2 heterocycles. The molecule has 0 amide bonds. The summed E-state index contributed by atoms with van der Waals surface area (Å²) >= 11 is 0. The molecule has 7 atom stereocenters. The van der Waals surface area contributed by atoms with Crippen molar-refractivity contribution in [2.45, 2.75) is 231 Å². The number of aliphatic hydroxyl groups is 4. The first kappa shape index (κ1) is 94.2. The number of nitrogens with zero attached hydrogens (tertiary/aromatic N) is 3. The summed E-state index contributed by atoms with van der Waals surface area (Å²) in [6.45, 7) is 13.8. The van der Waals surface area contributed by atoms with Gasteiger partial charge >= 0.3 is 19.8 Å². The first-order valence-corrected chi connectivity index (χ1v) is 39.1. The van der Waals surface area contributed by atoms with Crippen molar-refractivity contribution in [3.63, 3.8) is 0 Å². The predicted octanol–water partition coefficient (Wildman–Crippen LogP) is 7.18. The van der Waals surface area contributed by atoms with Crippen LogP contribution < -0.4 is 0 Å². The lowest BCUT2D eigenvalue weighted by atomic mass is 9.99. The van der Waals surface area contributed by atoms with Crippen molar-refractivity contribution in [3.8, 4) is 0 Å². The van der Waals surface area contributed by atoms with E-state index in [-0.39, 0.29) is 64.3 Å². The van der Waals surface area contributed by atoms with E-state index in [0.717, 1.165) is 63.5 Å². The fourth-order valence-electron chi connectivity index (χ4n) is 9.98. The highest BCUT2D eigenvalue weighted by Crippen LogP contribution is 2.43. The summed E-state index contributed by atoms with van der Waals surface area (Å²) in [6, 6.07) is 0. The van der Waals surface area contributed by atoms with Gasteiger partial charge in [-0.2, -0.15) is 0 Å². The van der Waals surface area contributed by atoms with Gasteiger partial charge < -0.3 is 101 Å². The monoisotopic (exact) mass is 1480 g/mol. The van der Waals surface area contributed by atoms with Crippen molar-refractivity contribution in [2.24, 2.45) is 0 Å². The van der Waals surface area contributed by atoms with E-state index in [1.54, 1.807) is 4.68 Å². The van der Waals surface area contributed by atoms with Gasteiger partial charge in [0.05, 0.1) is 191 Å². The Balaban J connectivity index is 1.29. The lowest BCUT2D eigenvalue weighted by Crippen LogP contribution is -2.59. The number of aromatic nitrogens is 3. The molecule has 1 fully saturated rings. The molecule has 5 N–H and O–H groups in total. The maximum Gasteiger partial charge on any atom is 0.472 e. The molecule has 1 aliphatic rings. The number of hydrogen-bond donors (Lipinski definition) is 5. The molecule has 0 spiro atoms. The zero-order valence-corrected chi connectivity index (χ0v) is 62.2. The molecule has 31 heteroatoms. The van der Waals surface area contributed by atoms with Crippen molar-refractivity contribution in [1.82, 2.24) is 15.0 Å². The van der Waals surface area contributed by atoms with Gasteiger partial charge in [0.25, 0.3) is 0 Å². The van der Waals surface area contributed by atoms with Crippen LogP contribution in [0.5, 0.6) is 0 Å². The van der Waals surface area contributed by atoms with Crippen LogP contribution in [0.2, 0.25) is 0 Å². The minimum atomic E-state index is -4.58. The Bertz CT molecular complexity index is 2070. The van der Waals surface area contributed by atoms with Gasteiger partial charge in [0, 0.05) is 38.5 Å². The van der Waals surface area contributed by atoms with Crippen LogP contribution in [0.15, 0.2) is 6.20 Å². The molecular weight excluding hydrogens is 1350 g/mol. The third-order valence-electron chi connectivity index (χ3n) is 15.9. The predicted molar refractivity (Wildman–Crippen MR) is 372 cm³/mol. The number of phosphoric ester groups is 1. The molecule has 0 aromatic carbocycles. The van der Waals surface area contributed by atoms with Gasteiger partial charge in [0.2, 0.25) is 0 Å². The lowest BCUT2D eigenvalue weighted by molar-refractivity contribution is -0.301. The van der Waals surface area contributed by atoms with Crippen LogP contribution in [-0.4, -0.2) is 286 Å². The van der Waals surface area contributed by atoms with Crippen LogP contribution in [0, 0.1) is 0 Å². The molecule has 0 radical (unpaired) electrons. The number of carbonyl (C=O) groups is 3. The number of aryl methyl sites for hydroxylation is 1. The number of ketones is 1. The van der Waals surface area contributed by atoms with E-state index >= 15 is 0 Å². The summed E-state index contributed by atoms with van der Waals surface area (Å²) in [4.78, 5) is 48.0. The van der Waals surface area contributed by atoms with E-state index in [4.69, 9.17) is 84.8 Å². The SMILES string of the molecule is CCCCCCCCCCCC(=O)OC[C@H](COP(=O)(O)OCCCC(=O)CCOCCOCCOCCOCCOCCOCCOCCOCCOCCOCCOCCOCCn1cc(CCCCCOC2O[C@H](CO)[C@@H](O)[C@H](O)[C@@H]2O)nn1)OC(=O)CCCCCCCCCCC. The topological polar surface area (TPSA) is 366 Å². The zero-order chi connectivity index (χ0) is 73.0. The van der Waals surface area contributed by atoms with Crippen molar-refractivity contribution < 1.29 is 129 Å². The fraction of sp³-hybridized carbons (Fsp3) is 0.929. The Hall–Kier alpha value is -2.86. The van der Waals surface area contributed by atoms with Gasteiger partial charge in [-0.05, 0) is 38.5 Å². The third kappa shape index (κ3) is 58.0. The maximum atomic E-state index is 12.7. The molecule has 0 saturated carbocycles. The standard InChI is InChI=1S/C70H132N3O27P/c1-3-5-7-9-11-13-15-17-21-27-65(76)96-59-63(99-66(77)28-22-18-16-14-12-10-8-6-4-2)60-98-101(81,82)97-32-24-26-62(75)29-33-83-35-37-85-39-41-87-43-45-89-47-49-91-51-53-93-55-56-94-54-52-92-50-48-90-46-44-88-42-40-86-38-36-84-34-30-73-57-61(71-72-73)25-20-19-23-31-95-70-69(80)68(79)67(78)64(58-74)100-70/h57,63-64,67-70,74,78-80H,3-56,58-60H2,1-2H3,(H,81,82)/t63-,64-,67-,68+,69+,70?/m1/s1. The molecule has 1 aromatic rings. The van der Waals surface area contributed by atoms with Gasteiger partial charge in [-0.25, -0.2) is 9.25 Å². The number of esters is 2. The second-order valence-electron chi connectivity index (χ2n) is 24.6. The van der Waals surface area contributed by atoms with E-state index in [1.807, 2.05) is 6.20 Å². The molecule has 1 saturated heterocycles. The molecular formula is C70H132N3O27P. The summed E-state index contributed by atoms with van der Waals surface area (Å²) in [5, 5.41) is 47.5. The number of hydrogen-bond acceptors (Lipinski definition) is 28. The first-order chi connectivity index (χ1) is 49.4. The number of phosphoric acid groups is 1. The van der Waals surface area contributed by atoms with Crippen molar-refractivity contribution in [2.75, 3.05) is 192 Å². The van der Waals surface area contributed by atoms with Crippen LogP contribution in [-0.2, 0) is 117 Å². The number of Topliss-reactive ketones (excluding diaryl/α,β-unsaturated/α-hetero) is 1.